The van der Waals surface area contributed by atoms with Crippen LogP contribution in [-0.4, -0.2) is 4.98 Å². The first-order chi connectivity index (χ1) is 5.88. The van der Waals surface area contributed by atoms with Gasteiger partial charge in [0.05, 0.1) is 0 Å². The summed E-state index contributed by atoms with van der Waals surface area (Å²) in [6.07, 6.45) is 11.8. The lowest BCUT2D eigenvalue weighted by Crippen LogP contribution is -1.72. The van der Waals surface area contributed by atoms with Crippen molar-refractivity contribution < 1.29 is 0 Å². The Balaban J connectivity index is 2.80. The van der Waals surface area contributed by atoms with Crippen molar-refractivity contribution in [2.45, 2.75) is 6.92 Å². The highest BCUT2D eigenvalue weighted by molar-refractivity contribution is 5.62. The maximum Gasteiger partial charge on any atom is 0.0453 e. The first-order valence-electron chi connectivity index (χ1n) is 3.97. The van der Waals surface area contributed by atoms with E-state index < -0.39 is 0 Å². The fourth-order valence-electron chi connectivity index (χ4n) is 0.980. The second-order valence-corrected chi connectivity index (χ2v) is 2.44. The van der Waals surface area contributed by atoms with E-state index in [2.05, 4.69) is 11.6 Å². The van der Waals surface area contributed by atoms with Crippen molar-refractivity contribution in [3.63, 3.8) is 0 Å². The average Bonchev–Trinajstić information content (AvgIpc) is 2.52. The third kappa shape index (κ3) is 1.99. The molecule has 0 aliphatic rings. The van der Waals surface area contributed by atoms with Gasteiger partial charge in [-0.1, -0.05) is 30.9 Å². The molecule has 0 amide bonds. The molecule has 62 valence electrons. The van der Waals surface area contributed by atoms with Crippen LogP contribution >= 0.6 is 0 Å². The van der Waals surface area contributed by atoms with E-state index >= 15 is 0 Å². The van der Waals surface area contributed by atoms with Gasteiger partial charge in [-0.05, 0) is 24.6 Å². The summed E-state index contributed by atoms with van der Waals surface area (Å²) >= 11 is 0. The van der Waals surface area contributed by atoms with Crippen LogP contribution in [0.25, 0.3) is 12.2 Å². The second kappa shape index (κ2) is 4.39. The maximum atomic E-state index is 3.72. The Morgan fingerprint density at radius 1 is 1.42 bits per heavy atom. The summed E-state index contributed by atoms with van der Waals surface area (Å²) in [7, 11) is 0. The van der Waals surface area contributed by atoms with Gasteiger partial charge in [0, 0.05) is 11.9 Å². The molecule has 0 aliphatic heterocycles. The van der Waals surface area contributed by atoms with Crippen molar-refractivity contribution in [3.05, 3.63) is 48.3 Å². The molecule has 0 aromatic carbocycles. The van der Waals surface area contributed by atoms with Crippen LogP contribution in [0.1, 0.15) is 18.2 Å². The Hall–Kier alpha value is -1.50. The summed E-state index contributed by atoms with van der Waals surface area (Å²) < 4.78 is 0. The quantitative estimate of drug-likeness (QED) is 0.651. The highest BCUT2D eigenvalue weighted by Crippen LogP contribution is 2.09. The Kier molecular flexibility index (Phi) is 3.15. The van der Waals surface area contributed by atoms with Crippen LogP contribution in [-0.2, 0) is 0 Å². The van der Waals surface area contributed by atoms with Crippen molar-refractivity contribution in [1.29, 1.82) is 0 Å². The maximum absolute atomic E-state index is 3.72. The largest absolute Gasteiger partial charge is 0.361 e. The van der Waals surface area contributed by atoms with Gasteiger partial charge in [0.1, 0.15) is 0 Å². The van der Waals surface area contributed by atoms with Crippen molar-refractivity contribution in [2.75, 3.05) is 0 Å². The molecule has 12 heavy (non-hydrogen) atoms. The van der Waals surface area contributed by atoms with Crippen LogP contribution in [0.4, 0.5) is 0 Å². The monoisotopic (exact) mass is 159 g/mol. The second-order valence-electron chi connectivity index (χ2n) is 2.44. The minimum atomic E-state index is 1.10. The predicted octanol–water partition coefficient (Wildman–Crippen LogP) is 3.25. The average molecular weight is 159 g/mol. The summed E-state index contributed by atoms with van der Waals surface area (Å²) in [4.78, 5) is 3.12. The van der Waals surface area contributed by atoms with Crippen LogP contribution in [0.5, 0.6) is 0 Å². The molecule has 0 unspecified atom stereocenters. The molecule has 0 saturated carbocycles. The Labute approximate surface area is 73.1 Å². The number of rotatable bonds is 3. The summed E-state index contributed by atoms with van der Waals surface area (Å²) in [5.74, 6) is 0. The lowest BCUT2D eigenvalue weighted by molar-refractivity contribution is 1.37. The zero-order valence-corrected chi connectivity index (χ0v) is 7.25. The van der Waals surface area contributed by atoms with E-state index in [1.807, 2.05) is 49.6 Å². The van der Waals surface area contributed by atoms with Crippen LogP contribution in [0.3, 0.4) is 0 Å². The van der Waals surface area contributed by atoms with E-state index in [9.17, 15) is 0 Å². The van der Waals surface area contributed by atoms with Gasteiger partial charge in [0.25, 0.3) is 0 Å². The number of H-pyrrole nitrogens is 1. The molecule has 0 bridgehead atoms. The molecule has 1 heteroatoms. The van der Waals surface area contributed by atoms with Crippen LogP contribution in [0.15, 0.2) is 37.1 Å². The SMILES string of the molecule is C=Cc1cc[nH]c1/C=C\C=C\C. The van der Waals surface area contributed by atoms with Crippen molar-refractivity contribution in [3.8, 4) is 0 Å². The van der Waals surface area contributed by atoms with E-state index in [4.69, 9.17) is 0 Å². The van der Waals surface area contributed by atoms with Gasteiger partial charge < -0.3 is 4.98 Å². The van der Waals surface area contributed by atoms with Crippen molar-refractivity contribution in [2.24, 2.45) is 0 Å². The van der Waals surface area contributed by atoms with Gasteiger partial charge in [0.15, 0.2) is 0 Å². The van der Waals surface area contributed by atoms with Crippen LogP contribution in [0.2, 0.25) is 0 Å². The highest BCUT2D eigenvalue weighted by Gasteiger charge is 1.92. The van der Waals surface area contributed by atoms with E-state index in [1.54, 1.807) is 0 Å². The number of aromatic amines is 1. The molecule has 1 aromatic heterocycles. The first-order valence-corrected chi connectivity index (χ1v) is 3.97. The number of nitrogens with one attached hydrogen (secondary N) is 1. The first kappa shape index (κ1) is 8.60. The topological polar surface area (TPSA) is 15.8 Å². The van der Waals surface area contributed by atoms with E-state index in [1.165, 1.54) is 0 Å². The normalized spacial score (nSPS) is 11.4. The lowest BCUT2D eigenvalue weighted by atomic mass is 10.2. The number of hydrogen-bond acceptors (Lipinski definition) is 0. The zero-order chi connectivity index (χ0) is 8.81. The fourth-order valence-corrected chi connectivity index (χ4v) is 0.980. The van der Waals surface area contributed by atoms with Gasteiger partial charge in [0.2, 0.25) is 0 Å². The number of hydrogen-bond donors (Lipinski definition) is 1. The molecule has 0 spiro atoms. The van der Waals surface area contributed by atoms with Gasteiger partial charge in [-0.15, -0.1) is 0 Å². The third-order valence-electron chi connectivity index (χ3n) is 1.60. The molecule has 0 atom stereocenters. The molecule has 0 fully saturated rings. The standard InChI is InChI=1S/C11H13N/c1-3-5-6-7-11-10(4-2)8-9-12-11/h3-9,12H,2H2,1H3/b5-3+,7-6-. The molecule has 1 N–H and O–H groups in total. The third-order valence-corrected chi connectivity index (χ3v) is 1.60. The van der Waals surface area contributed by atoms with Gasteiger partial charge in [-0.2, -0.15) is 0 Å². The van der Waals surface area contributed by atoms with E-state index in [0.717, 1.165) is 11.3 Å². The molecule has 0 aliphatic carbocycles. The Bertz CT molecular complexity index is 303. The minimum absolute atomic E-state index is 1.10. The predicted molar refractivity (Wildman–Crippen MR) is 54.7 cm³/mol. The van der Waals surface area contributed by atoms with E-state index in [0.29, 0.717) is 0 Å². The van der Waals surface area contributed by atoms with Crippen molar-refractivity contribution in [1.82, 2.24) is 4.98 Å². The van der Waals surface area contributed by atoms with Gasteiger partial charge in [-0.3, -0.25) is 0 Å². The molecule has 0 radical (unpaired) electrons. The molecule has 1 heterocycles. The zero-order valence-electron chi connectivity index (χ0n) is 7.25. The number of aromatic nitrogens is 1. The summed E-state index contributed by atoms with van der Waals surface area (Å²) in [6.45, 7) is 5.71. The lowest BCUT2D eigenvalue weighted by Gasteiger charge is -1.88. The molecule has 1 rings (SSSR count). The smallest absolute Gasteiger partial charge is 0.0453 e. The molecular formula is C11H13N. The van der Waals surface area contributed by atoms with Gasteiger partial charge >= 0.3 is 0 Å². The van der Waals surface area contributed by atoms with E-state index in [-0.39, 0.29) is 0 Å². The minimum Gasteiger partial charge on any atom is -0.361 e. The van der Waals surface area contributed by atoms with Gasteiger partial charge in [-0.25, -0.2) is 0 Å². The van der Waals surface area contributed by atoms with Crippen LogP contribution < -0.4 is 0 Å². The Morgan fingerprint density at radius 3 is 2.92 bits per heavy atom. The van der Waals surface area contributed by atoms with Crippen molar-refractivity contribution >= 4 is 12.2 Å². The summed E-state index contributed by atoms with van der Waals surface area (Å²) in [5.41, 5.74) is 2.24. The van der Waals surface area contributed by atoms with Crippen LogP contribution in [0, 0.1) is 0 Å². The molecule has 0 saturated heterocycles. The summed E-state index contributed by atoms with van der Waals surface area (Å²) in [6, 6.07) is 2.00. The molecular weight excluding hydrogens is 146 g/mol. The molecule has 1 nitrogen and oxygen atoms in total. The fraction of sp³-hybridized carbons (Fsp3) is 0.0909. The number of allylic oxidation sites excluding steroid dienone is 3. The summed E-state index contributed by atoms with van der Waals surface area (Å²) in [5, 5.41) is 0. The molecule has 1 aromatic rings. The highest BCUT2D eigenvalue weighted by atomic mass is 14.7. The Morgan fingerprint density at radius 2 is 2.25 bits per heavy atom.